The van der Waals surface area contributed by atoms with Gasteiger partial charge in [-0.25, -0.2) is 13.4 Å². The van der Waals surface area contributed by atoms with Gasteiger partial charge >= 0.3 is 0 Å². The third kappa shape index (κ3) is 3.67. The Kier molecular flexibility index (Phi) is 4.52. The molecule has 20 heavy (non-hydrogen) atoms. The van der Waals surface area contributed by atoms with E-state index in [1.165, 1.54) is 7.11 Å². The molecular weight excluding hydrogens is 278 g/mol. The highest BCUT2D eigenvalue weighted by atomic mass is 32.2. The van der Waals surface area contributed by atoms with E-state index in [-0.39, 0.29) is 12.3 Å². The minimum atomic E-state index is -3.30. The van der Waals surface area contributed by atoms with Crippen LogP contribution in [0.2, 0.25) is 0 Å². The van der Waals surface area contributed by atoms with E-state index < -0.39 is 9.84 Å². The standard InChI is InChI=1S/C13H15N3O3S/c1-19-12-7-8-14-13(16-12)15-9-10-20(17,18)11-5-3-2-4-6-11/h2-8H,9-10H2,1H3,(H,14,15,16). The van der Waals surface area contributed by atoms with Crippen LogP contribution in [0.4, 0.5) is 5.95 Å². The van der Waals surface area contributed by atoms with E-state index in [0.29, 0.717) is 16.7 Å². The number of nitrogens with zero attached hydrogens (tertiary/aromatic N) is 2. The Bertz CT molecular complexity index is 660. The quantitative estimate of drug-likeness (QED) is 0.866. The van der Waals surface area contributed by atoms with Crippen molar-refractivity contribution in [2.24, 2.45) is 0 Å². The van der Waals surface area contributed by atoms with Gasteiger partial charge in [0.05, 0.1) is 17.8 Å². The van der Waals surface area contributed by atoms with Gasteiger partial charge in [-0.15, -0.1) is 0 Å². The molecule has 0 atom stereocenters. The first-order valence-electron chi connectivity index (χ1n) is 6.00. The van der Waals surface area contributed by atoms with Crippen LogP contribution in [0.25, 0.3) is 0 Å². The van der Waals surface area contributed by atoms with E-state index in [1.54, 1.807) is 42.6 Å². The van der Waals surface area contributed by atoms with Crippen LogP contribution >= 0.6 is 0 Å². The number of methoxy groups -OCH3 is 1. The molecule has 0 unspecified atom stereocenters. The number of benzene rings is 1. The zero-order valence-corrected chi connectivity index (χ0v) is 11.8. The van der Waals surface area contributed by atoms with Crippen molar-refractivity contribution in [3.05, 3.63) is 42.6 Å². The molecule has 0 spiro atoms. The molecule has 1 aromatic carbocycles. The third-order valence-corrected chi connectivity index (χ3v) is 4.33. The predicted molar refractivity (Wildman–Crippen MR) is 75.6 cm³/mol. The normalized spacial score (nSPS) is 11.1. The second-order valence-electron chi connectivity index (χ2n) is 3.98. The average molecular weight is 293 g/mol. The summed E-state index contributed by atoms with van der Waals surface area (Å²) in [5, 5.41) is 2.86. The van der Waals surface area contributed by atoms with Gasteiger partial charge in [0.15, 0.2) is 9.84 Å². The summed E-state index contributed by atoms with van der Waals surface area (Å²) in [5.74, 6) is 0.735. The first-order chi connectivity index (χ1) is 9.62. The summed E-state index contributed by atoms with van der Waals surface area (Å²) in [6.45, 7) is 0.227. The Morgan fingerprint density at radius 1 is 1.20 bits per heavy atom. The van der Waals surface area contributed by atoms with Crippen molar-refractivity contribution < 1.29 is 13.2 Å². The largest absolute Gasteiger partial charge is 0.481 e. The van der Waals surface area contributed by atoms with E-state index in [0.717, 1.165) is 0 Å². The number of rotatable bonds is 6. The van der Waals surface area contributed by atoms with E-state index >= 15 is 0 Å². The molecule has 0 fully saturated rings. The molecule has 6 nitrogen and oxygen atoms in total. The van der Waals surface area contributed by atoms with Crippen molar-refractivity contribution in [1.82, 2.24) is 9.97 Å². The molecule has 0 aliphatic heterocycles. The minimum Gasteiger partial charge on any atom is -0.481 e. The summed E-state index contributed by atoms with van der Waals surface area (Å²) in [6.07, 6.45) is 1.54. The van der Waals surface area contributed by atoms with Gasteiger partial charge in [-0.1, -0.05) is 18.2 Å². The molecule has 0 bridgehead atoms. The molecular formula is C13H15N3O3S. The first-order valence-corrected chi connectivity index (χ1v) is 7.66. The van der Waals surface area contributed by atoms with Crippen LogP contribution in [0.3, 0.4) is 0 Å². The molecule has 0 radical (unpaired) electrons. The summed E-state index contributed by atoms with van der Waals surface area (Å²) in [7, 11) is -1.79. The smallest absolute Gasteiger partial charge is 0.225 e. The van der Waals surface area contributed by atoms with E-state index in [2.05, 4.69) is 15.3 Å². The molecule has 1 aromatic heterocycles. The Hall–Kier alpha value is -2.15. The Labute approximate surface area is 117 Å². The van der Waals surface area contributed by atoms with Gasteiger partial charge in [-0.3, -0.25) is 0 Å². The van der Waals surface area contributed by atoms with Crippen LogP contribution in [0.1, 0.15) is 0 Å². The maximum atomic E-state index is 12.0. The number of anilines is 1. The molecule has 0 amide bonds. The van der Waals surface area contributed by atoms with Crippen LogP contribution in [-0.4, -0.2) is 37.8 Å². The first kappa shape index (κ1) is 14.3. The fraction of sp³-hybridized carbons (Fsp3) is 0.231. The molecule has 0 aliphatic carbocycles. The summed E-state index contributed by atoms with van der Waals surface area (Å²) in [5.41, 5.74) is 0. The van der Waals surface area contributed by atoms with Crippen LogP contribution in [0, 0.1) is 0 Å². The SMILES string of the molecule is COc1ccnc(NCCS(=O)(=O)c2ccccc2)n1. The molecule has 2 aromatic rings. The van der Waals surface area contributed by atoms with Gasteiger partial charge in [0.2, 0.25) is 11.8 Å². The van der Waals surface area contributed by atoms with Crippen molar-refractivity contribution in [2.75, 3.05) is 24.7 Å². The number of sulfone groups is 1. The number of aromatic nitrogens is 2. The van der Waals surface area contributed by atoms with Crippen molar-refractivity contribution in [3.63, 3.8) is 0 Å². The van der Waals surface area contributed by atoms with Crippen molar-refractivity contribution >= 4 is 15.8 Å². The van der Waals surface area contributed by atoms with Gasteiger partial charge in [0.1, 0.15) is 0 Å². The lowest BCUT2D eigenvalue weighted by Gasteiger charge is -2.07. The molecule has 106 valence electrons. The number of hydrogen-bond donors (Lipinski definition) is 1. The summed E-state index contributed by atoms with van der Waals surface area (Å²) >= 11 is 0. The number of ether oxygens (including phenoxy) is 1. The van der Waals surface area contributed by atoms with Gasteiger partial charge in [-0.05, 0) is 12.1 Å². The van der Waals surface area contributed by atoms with Crippen molar-refractivity contribution in [1.29, 1.82) is 0 Å². The van der Waals surface area contributed by atoms with Crippen molar-refractivity contribution in [3.8, 4) is 5.88 Å². The zero-order valence-electron chi connectivity index (χ0n) is 11.0. The maximum absolute atomic E-state index is 12.0. The minimum absolute atomic E-state index is 0.0302. The zero-order chi connectivity index (χ0) is 14.4. The second-order valence-corrected chi connectivity index (χ2v) is 6.09. The molecule has 1 N–H and O–H groups in total. The summed E-state index contributed by atoms with van der Waals surface area (Å²) in [4.78, 5) is 8.34. The molecule has 0 saturated carbocycles. The number of hydrogen-bond acceptors (Lipinski definition) is 6. The molecule has 2 rings (SSSR count). The monoisotopic (exact) mass is 293 g/mol. The summed E-state index contributed by atoms with van der Waals surface area (Å²) < 4.78 is 29.0. The van der Waals surface area contributed by atoms with Crippen LogP contribution in [0.15, 0.2) is 47.5 Å². The lowest BCUT2D eigenvalue weighted by molar-refractivity contribution is 0.397. The average Bonchev–Trinajstić information content (AvgIpc) is 2.48. The Balaban J connectivity index is 1.95. The van der Waals surface area contributed by atoms with Crippen LogP contribution < -0.4 is 10.1 Å². The van der Waals surface area contributed by atoms with Crippen LogP contribution in [-0.2, 0) is 9.84 Å². The van der Waals surface area contributed by atoms with Crippen LogP contribution in [0.5, 0.6) is 5.88 Å². The van der Waals surface area contributed by atoms with Gasteiger partial charge in [0, 0.05) is 18.8 Å². The second kappa shape index (κ2) is 6.33. The highest BCUT2D eigenvalue weighted by Crippen LogP contribution is 2.11. The highest BCUT2D eigenvalue weighted by molar-refractivity contribution is 7.91. The predicted octanol–water partition coefficient (Wildman–Crippen LogP) is 1.37. The third-order valence-electron chi connectivity index (χ3n) is 2.60. The molecule has 1 heterocycles. The molecule has 0 saturated heterocycles. The lowest BCUT2D eigenvalue weighted by Crippen LogP contribution is -2.17. The van der Waals surface area contributed by atoms with Crippen molar-refractivity contribution in [2.45, 2.75) is 4.90 Å². The fourth-order valence-corrected chi connectivity index (χ4v) is 2.76. The van der Waals surface area contributed by atoms with Gasteiger partial charge in [0.25, 0.3) is 0 Å². The Morgan fingerprint density at radius 3 is 2.65 bits per heavy atom. The number of nitrogens with one attached hydrogen (secondary N) is 1. The maximum Gasteiger partial charge on any atom is 0.225 e. The van der Waals surface area contributed by atoms with E-state index in [1.807, 2.05) is 0 Å². The van der Waals surface area contributed by atoms with E-state index in [9.17, 15) is 8.42 Å². The Morgan fingerprint density at radius 2 is 1.95 bits per heavy atom. The fourth-order valence-electron chi connectivity index (χ4n) is 1.58. The highest BCUT2D eigenvalue weighted by Gasteiger charge is 2.13. The topological polar surface area (TPSA) is 81.2 Å². The van der Waals surface area contributed by atoms with Gasteiger partial charge < -0.3 is 10.1 Å². The molecule has 7 heteroatoms. The lowest BCUT2D eigenvalue weighted by atomic mass is 10.4. The summed E-state index contributed by atoms with van der Waals surface area (Å²) in [6, 6.07) is 9.96. The van der Waals surface area contributed by atoms with Gasteiger partial charge in [-0.2, -0.15) is 4.98 Å². The van der Waals surface area contributed by atoms with E-state index in [4.69, 9.17) is 4.74 Å². The molecule has 0 aliphatic rings.